The monoisotopic (exact) mass is 261 g/mol. The minimum atomic E-state index is 0.333. The maximum Gasteiger partial charge on any atom is 0.0507 e. The van der Waals surface area contributed by atoms with Gasteiger partial charge in [-0.15, -0.1) is 0 Å². The van der Waals surface area contributed by atoms with Crippen LogP contribution >= 0.6 is 0 Å². The Labute approximate surface area is 117 Å². The molecule has 0 saturated carbocycles. The highest BCUT2D eigenvalue weighted by atomic mass is 16.5. The average molecular weight is 261 g/mol. The summed E-state index contributed by atoms with van der Waals surface area (Å²) in [6.07, 6.45) is 2.36. The normalized spacial score (nSPS) is 21.5. The molecule has 1 N–H and O–H groups in total. The van der Waals surface area contributed by atoms with Gasteiger partial charge in [0.15, 0.2) is 0 Å². The third kappa shape index (κ3) is 4.96. The van der Waals surface area contributed by atoms with Crippen LogP contribution in [0.3, 0.4) is 0 Å². The molecular weight excluding hydrogens is 234 g/mol. The van der Waals surface area contributed by atoms with E-state index in [4.69, 9.17) is 4.74 Å². The van der Waals surface area contributed by atoms with Crippen LogP contribution in [0.5, 0.6) is 0 Å². The zero-order valence-corrected chi connectivity index (χ0v) is 12.5. The number of ether oxygens (including phenoxy) is 1. The van der Waals surface area contributed by atoms with Crippen molar-refractivity contribution in [3.05, 3.63) is 35.9 Å². The zero-order valence-electron chi connectivity index (χ0n) is 12.5. The van der Waals surface area contributed by atoms with Crippen molar-refractivity contribution in [1.82, 2.24) is 5.32 Å². The van der Waals surface area contributed by atoms with E-state index in [1.807, 2.05) is 0 Å². The molecule has 0 radical (unpaired) electrons. The third-order valence-corrected chi connectivity index (χ3v) is 3.70. The van der Waals surface area contributed by atoms with Gasteiger partial charge in [0.2, 0.25) is 0 Å². The second-order valence-corrected chi connectivity index (χ2v) is 6.87. The van der Waals surface area contributed by atoms with Crippen molar-refractivity contribution in [2.24, 2.45) is 11.3 Å². The number of rotatable bonds is 5. The lowest BCUT2D eigenvalue weighted by Crippen LogP contribution is -2.30. The van der Waals surface area contributed by atoms with E-state index in [1.54, 1.807) is 0 Å². The van der Waals surface area contributed by atoms with Crippen molar-refractivity contribution < 1.29 is 4.74 Å². The Morgan fingerprint density at radius 1 is 1.26 bits per heavy atom. The second-order valence-electron chi connectivity index (χ2n) is 6.87. The molecule has 0 aromatic heterocycles. The van der Waals surface area contributed by atoms with Crippen LogP contribution in [0.4, 0.5) is 0 Å². The molecule has 0 bridgehead atoms. The number of benzene rings is 1. The van der Waals surface area contributed by atoms with Crippen LogP contribution < -0.4 is 5.32 Å². The number of hydrogen-bond acceptors (Lipinski definition) is 2. The molecule has 0 aliphatic carbocycles. The van der Waals surface area contributed by atoms with Crippen molar-refractivity contribution in [3.63, 3.8) is 0 Å². The summed E-state index contributed by atoms with van der Waals surface area (Å²) >= 11 is 0. The summed E-state index contributed by atoms with van der Waals surface area (Å²) in [5.41, 5.74) is 1.73. The largest absolute Gasteiger partial charge is 0.381 e. The molecule has 1 heterocycles. The molecule has 0 amide bonds. The molecule has 2 atom stereocenters. The van der Waals surface area contributed by atoms with Crippen molar-refractivity contribution in [2.45, 2.75) is 39.7 Å². The maximum absolute atomic E-state index is 5.46. The first-order chi connectivity index (χ1) is 9.04. The molecule has 2 rings (SSSR count). The van der Waals surface area contributed by atoms with Gasteiger partial charge in [0, 0.05) is 19.2 Å². The molecule has 0 spiro atoms. The van der Waals surface area contributed by atoms with E-state index in [1.165, 1.54) is 12.0 Å². The van der Waals surface area contributed by atoms with Gasteiger partial charge in [-0.25, -0.2) is 0 Å². The highest BCUT2D eigenvalue weighted by Gasteiger charge is 2.22. The van der Waals surface area contributed by atoms with Crippen LogP contribution in [0.15, 0.2) is 30.3 Å². The van der Waals surface area contributed by atoms with Gasteiger partial charge in [0.1, 0.15) is 0 Å². The van der Waals surface area contributed by atoms with Crippen molar-refractivity contribution >= 4 is 0 Å². The third-order valence-electron chi connectivity index (χ3n) is 3.70. The molecule has 19 heavy (non-hydrogen) atoms. The highest BCUT2D eigenvalue weighted by Crippen LogP contribution is 2.29. The predicted molar refractivity (Wildman–Crippen MR) is 80.2 cm³/mol. The first-order valence-corrected chi connectivity index (χ1v) is 7.41. The van der Waals surface area contributed by atoms with Crippen LogP contribution in [0, 0.1) is 11.3 Å². The van der Waals surface area contributed by atoms with Gasteiger partial charge in [-0.2, -0.15) is 0 Å². The predicted octanol–water partition coefficient (Wildman–Crippen LogP) is 3.79. The fourth-order valence-corrected chi connectivity index (χ4v) is 2.66. The first kappa shape index (κ1) is 14.5. The van der Waals surface area contributed by atoms with Crippen molar-refractivity contribution in [1.29, 1.82) is 0 Å². The van der Waals surface area contributed by atoms with Gasteiger partial charge in [0.05, 0.1) is 6.61 Å². The Bertz CT molecular complexity index is 363. The fourth-order valence-electron chi connectivity index (χ4n) is 2.66. The van der Waals surface area contributed by atoms with E-state index in [0.717, 1.165) is 26.2 Å². The van der Waals surface area contributed by atoms with Crippen LogP contribution in [0.2, 0.25) is 0 Å². The van der Waals surface area contributed by atoms with E-state index in [-0.39, 0.29) is 0 Å². The topological polar surface area (TPSA) is 21.3 Å². The summed E-state index contributed by atoms with van der Waals surface area (Å²) in [5.74, 6) is 0.686. The van der Waals surface area contributed by atoms with Crippen LogP contribution in [-0.2, 0) is 4.74 Å². The van der Waals surface area contributed by atoms with E-state index < -0.39 is 0 Å². The summed E-state index contributed by atoms with van der Waals surface area (Å²) in [5, 5.41) is 3.75. The first-order valence-electron chi connectivity index (χ1n) is 7.41. The second kappa shape index (κ2) is 6.53. The summed E-state index contributed by atoms with van der Waals surface area (Å²) in [6, 6.07) is 11.3. The Morgan fingerprint density at radius 2 is 2.00 bits per heavy atom. The molecule has 1 aromatic carbocycles. The van der Waals surface area contributed by atoms with Crippen LogP contribution in [0.25, 0.3) is 0 Å². The number of hydrogen-bond donors (Lipinski definition) is 1. The van der Waals surface area contributed by atoms with Gasteiger partial charge in [-0.1, -0.05) is 51.1 Å². The van der Waals surface area contributed by atoms with E-state index in [0.29, 0.717) is 17.4 Å². The highest BCUT2D eigenvalue weighted by molar-refractivity contribution is 5.19. The van der Waals surface area contributed by atoms with Gasteiger partial charge in [0.25, 0.3) is 0 Å². The molecule has 2 nitrogen and oxygen atoms in total. The van der Waals surface area contributed by atoms with Gasteiger partial charge >= 0.3 is 0 Å². The summed E-state index contributed by atoms with van der Waals surface area (Å²) in [6.45, 7) is 9.84. The smallest absolute Gasteiger partial charge is 0.0507 e. The molecule has 1 aliphatic rings. The summed E-state index contributed by atoms with van der Waals surface area (Å²) < 4.78 is 5.46. The lowest BCUT2D eigenvalue weighted by atomic mass is 9.85. The Hall–Kier alpha value is -0.860. The minimum absolute atomic E-state index is 0.333. The van der Waals surface area contributed by atoms with Gasteiger partial charge < -0.3 is 10.1 Å². The van der Waals surface area contributed by atoms with Crippen LogP contribution in [0.1, 0.15) is 45.2 Å². The average Bonchev–Trinajstić information content (AvgIpc) is 2.87. The lowest BCUT2D eigenvalue weighted by Gasteiger charge is -2.28. The molecule has 1 aliphatic heterocycles. The van der Waals surface area contributed by atoms with Gasteiger partial charge in [-0.3, -0.25) is 0 Å². The fraction of sp³-hybridized carbons (Fsp3) is 0.647. The van der Waals surface area contributed by atoms with Crippen molar-refractivity contribution in [2.75, 3.05) is 19.8 Å². The molecule has 2 heteroatoms. The molecular formula is C17H27NO. The Morgan fingerprint density at radius 3 is 2.58 bits per heavy atom. The summed E-state index contributed by atoms with van der Waals surface area (Å²) in [7, 11) is 0. The van der Waals surface area contributed by atoms with E-state index in [2.05, 4.69) is 56.4 Å². The zero-order chi connectivity index (χ0) is 13.7. The van der Waals surface area contributed by atoms with Gasteiger partial charge in [-0.05, 0) is 29.7 Å². The standard InChI is InChI=1S/C17H27NO/c1-17(2,3)11-16(15-7-5-4-6-8-15)18-12-14-9-10-19-13-14/h4-8,14,16,18H,9-13H2,1-3H3. The lowest BCUT2D eigenvalue weighted by molar-refractivity contribution is 0.183. The van der Waals surface area contributed by atoms with Crippen molar-refractivity contribution in [3.8, 4) is 0 Å². The van der Waals surface area contributed by atoms with E-state index in [9.17, 15) is 0 Å². The molecule has 1 aromatic rings. The summed E-state index contributed by atoms with van der Waals surface area (Å²) in [4.78, 5) is 0. The Balaban J connectivity index is 1.97. The number of nitrogens with one attached hydrogen (secondary N) is 1. The quantitative estimate of drug-likeness (QED) is 0.870. The molecule has 1 saturated heterocycles. The Kier molecular flexibility index (Phi) is 5.00. The molecule has 1 fully saturated rings. The molecule has 2 unspecified atom stereocenters. The minimum Gasteiger partial charge on any atom is -0.381 e. The van der Waals surface area contributed by atoms with Crippen LogP contribution in [-0.4, -0.2) is 19.8 Å². The molecule has 106 valence electrons. The maximum atomic E-state index is 5.46. The van der Waals surface area contributed by atoms with E-state index >= 15 is 0 Å². The SMILES string of the molecule is CC(C)(C)CC(NCC1CCOC1)c1ccccc1.